The molecule has 1 aromatic carbocycles. The Morgan fingerprint density at radius 2 is 2.20 bits per heavy atom. The lowest BCUT2D eigenvalue weighted by atomic mass is 9.98. The molecule has 0 bridgehead atoms. The molecule has 4 nitrogen and oxygen atoms in total. The summed E-state index contributed by atoms with van der Waals surface area (Å²) in [7, 11) is 2.12. The van der Waals surface area contributed by atoms with E-state index in [1.54, 1.807) is 12.1 Å². The van der Waals surface area contributed by atoms with Gasteiger partial charge in [0.05, 0.1) is 6.61 Å². The molecule has 0 aromatic heterocycles. The number of nitrogens with zero attached hydrogens (tertiary/aromatic N) is 1. The molecule has 0 aliphatic carbocycles. The maximum absolute atomic E-state index is 13.9. The first kappa shape index (κ1) is 15.0. The first-order valence-corrected chi connectivity index (χ1v) is 7.13. The molecule has 0 atom stereocenters. The lowest BCUT2D eigenvalue weighted by Gasteiger charge is -2.28. The summed E-state index contributed by atoms with van der Waals surface area (Å²) in [6, 6.07) is 4.64. The van der Waals surface area contributed by atoms with Crippen LogP contribution in [0.5, 0.6) is 5.75 Å². The van der Waals surface area contributed by atoms with E-state index in [0.29, 0.717) is 18.2 Å². The van der Waals surface area contributed by atoms with Gasteiger partial charge in [0.1, 0.15) is 0 Å². The summed E-state index contributed by atoms with van der Waals surface area (Å²) in [5.74, 6) is 0.372. The Hall–Kier alpha value is -1.40. The molecule has 1 heterocycles. The molecule has 0 saturated carbocycles. The standard InChI is InChI=1S/C14H20FN3OS/c1-18-6-4-10(5-7-18)9-19-13-3-2-11(8-12(13)15)17-14(16)20/h2-3,8,10H,4-7,9H2,1H3,(H3,16,17,20). The van der Waals surface area contributed by atoms with E-state index in [2.05, 4.69) is 17.3 Å². The van der Waals surface area contributed by atoms with Gasteiger partial charge in [-0.3, -0.25) is 0 Å². The minimum Gasteiger partial charge on any atom is -0.490 e. The van der Waals surface area contributed by atoms with E-state index < -0.39 is 5.82 Å². The highest BCUT2D eigenvalue weighted by atomic mass is 32.1. The van der Waals surface area contributed by atoms with Gasteiger partial charge in [-0.05, 0) is 63.2 Å². The predicted molar refractivity (Wildman–Crippen MR) is 82.5 cm³/mol. The Morgan fingerprint density at radius 1 is 1.50 bits per heavy atom. The summed E-state index contributed by atoms with van der Waals surface area (Å²) in [6.45, 7) is 2.72. The molecule has 0 unspecified atom stereocenters. The molecule has 1 aromatic rings. The molecule has 1 fully saturated rings. The van der Waals surface area contributed by atoms with Crippen LogP contribution in [-0.2, 0) is 0 Å². The minimum atomic E-state index is -0.404. The number of piperidine rings is 1. The van der Waals surface area contributed by atoms with Crippen molar-refractivity contribution in [1.82, 2.24) is 4.90 Å². The molecule has 20 heavy (non-hydrogen) atoms. The Bertz CT molecular complexity index is 475. The average Bonchev–Trinajstić information content (AvgIpc) is 2.39. The first-order valence-electron chi connectivity index (χ1n) is 6.72. The fraction of sp³-hybridized carbons (Fsp3) is 0.500. The summed E-state index contributed by atoms with van der Waals surface area (Å²) in [5.41, 5.74) is 5.87. The Kier molecular flexibility index (Phi) is 5.14. The smallest absolute Gasteiger partial charge is 0.168 e. The Morgan fingerprint density at radius 3 is 2.80 bits per heavy atom. The number of anilines is 1. The topological polar surface area (TPSA) is 50.5 Å². The van der Waals surface area contributed by atoms with Crippen molar-refractivity contribution < 1.29 is 9.13 Å². The highest BCUT2D eigenvalue weighted by Crippen LogP contribution is 2.23. The summed E-state index contributed by atoms with van der Waals surface area (Å²) < 4.78 is 19.4. The molecule has 1 aliphatic rings. The summed E-state index contributed by atoms with van der Waals surface area (Å²) in [5, 5.41) is 2.81. The van der Waals surface area contributed by atoms with Crippen molar-refractivity contribution in [1.29, 1.82) is 0 Å². The van der Waals surface area contributed by atoms with Crippen molar-refractivity contribution in [2.24, 2.45) is 11.7 Å². The molecule has 2 rings (SSSR count). The van der Waals surface area contributed by atoms with E-state index >= 15 is 0 Å². The van der Waals surface area contributed by atoms with Gasteiger partial charge in [-0.2, -0.15) is 0 Å². The van der Waals surface area contributed by atoms with E-state index in [4.69, 9.17) is 22.7 Å². The molecule has 1 saturated heterocycles. The van der Waals surface area contributed by atoms with E-state index in [0.717, 1.165) is 25.9 Å². The third-order valence-corrected chi connectivity index (χ3v) is 3.61. The van der Waals surface area contributed by atoms with Crippen molar-refractivity contribution in [3.63, 3.8) is 0 Å². The molecule has 0 radical (unpaired) electrons. The van der Waals surface area contributed by atoms with Crippen LogP contribution in [0.2, 0.25) is 0 Å². The van der Waals surface area contributed by atoms with E-state index in [9.17, 15) is 4.39 Å². The number of hydrogen-bond donors (Lipinski definition) is 2. The second-order valence-corrected chi connectivity index (χ2v) is 5.63. The fourth-order valence-corrected chi connectivity index (χ4v) is 2.39. The second kappa shape index (κ2) is 6.85. The minimum absolute atomic E-state index is 0.115. The van der Waals surface area contributed by atoms with Crippen LogP contribution in [0.3, 0.4) is 0 Å². The van der Waals surface area contributed by atoms with Gasteiger partial charge in [-0.15, -0.1) is 0 Å². The number of halogens is 1. The molecule has 0 spiro atoms. The van der Waals surface area contributed by atoms with Gasteiger partial charge in [0.25, 0.3) is 0 Å². The molecule has 6 heteroatoms. The van der Waals surface area contributed by atoms with Crippen LogP contribution in [0.4, 0.5) is 10.1 Å². The quantitative estimate of drug-likeness (QED) is 0.835. The Labute approximate surface area is 124 Å². The average molecular weight is 297 g/mol. The molecule has 0 amide bonds. The molecule has 110 valence electrons. The summed E-state index contributed by atoms with van der Waals surface area (Å²) >= 11 is 4.71. The lowest BCUT2D eigenvalue weighted by Crippen LogP contribution is -2.32. The van der Waals surface area contributed by atoms with Crippen LogP contribution in [0.15, 0.2) is 18.2 Å². The fourth-order valence-electron chi connectivity index (χ4n) is 2.27. The van der Waals surface area contributed by atoms with Gasteiger partial charge in [0, 0.05) is 11.8 Å². The first-order chi connectivity index (χ1) is 9.54. The van der Waals surface area contributed by atoms with E-state index in [-0.39, 0.29) is 10.9 Å². The number of ether oxygens (including phenoxy) is 1. The second-order valence-electron chi connectivity index (χ2n) is 5.19. The predicted octanol–water partition coefficient (Wildman–Crippen LogP) is 2.20. The van der Waals surface area contributed by atoms with Gasteiger partial charge in [-0.25, -0.2) is 4.39 Å². The zero-order valence-electron chi connectivity index (χ0n) is 11.6. The number of hydrogen-bond acceptors (Lipinski definition) is 3. The van der Waals surface area contributed by atoms with Crippen molar-refractivity contribution in [2.45, 2.75) is 12.8 Å². The largest absolute Gasteiger partial charge is 0.490 e. The van der Waals surface area contributed by atoms with Crippen molar-refractivity contribution in [3.05, 3.63) is 24.0 Å². The Balaban J connectivity index is 1.88. The number of rotatable bonds is 4. The van der Waals surface area contributed by atoms with Gasteiger partial charge in [0.15, 0.2) is 16.7 Å². The highest BCUT2D eigenvalue weighted by Gasteiger charge is 2.17. The zero-order valence-corrected chi connectivity index (χ0v) is 12.4. The monoisotopic (exact) mass is 297 g/mol. The van der Waals surface area contributed by atoms with Gasteiger partial charge in [-0.1, -0.05) is 0 Å². The van der Waals surface area contributed by atoms with Crippen LogP contribution in [0.1, 0.15) is 12.8 Å². The van der Waals surface area contributed by atoms with Crippen molar-refractivity contribution in [3.8, 4) is 5.75 Å². The number of nitrogens with one attached hydrogen (secondary N) is 1. The number of likely N-dealkylation sites (tertiary alicyclic amines) is 1. The van der Waals surface area contributed by atoms with Crippen molar-refractivity contribution >= 4 is 23.0 Å². The third-order valence-electron chi connectivity index (χ3n) is 3.51. The molecular weight excluding hydrogens is 277 g/mol. The summed E-state index contributed by atoms with van der Waals surface area (Å²) in [6.07, 6.45) is 2.19. The molecule has 1 aliphatic heterocycles. The molecular formula is C14H20FN3OS. The molecule has 3 N–H and O–H groups in total. The third kappa shape index (κ3) is 4.31. The van der Waals surface area contributed by atoms with Crippen LogP contribution in [-0.4, -0.2) is 36.8 Å². The van der Waals surface area contributed by atoms with Gasteiger partial charge < -0.3 is 20.7 Å². The maximum atomic E-state index is 13.9. The normalized spacial score (nSPS) is 16.9. The SMILES string of the molecule is CN1CCC(COc2ccc(NC(N)=S)cc2F)CC1. The number of nitrogens with two attached hydrogens (primary N) is 1. The van der Waals surface area contributed by atoms with Crippen LogP contribution in [0.25, 0.3) is 0 Å². The van der Waals surface area contributed by atoms with Gasteiger partial charge >= 0.3 is 0 Å². The summed E-state index contributed by atoms with van der Waals surface area (Å²) in [4.78, 5) is 2.30. The highest BCUT2D eigenvalue weighted by molar-refractivity contribution is 7.80. The maximum Gasteiger partial charge on any atom is 0.168 e. The van der Waals surface area contributed by atoms with Crippen LogP contribution < -0.4 is 15.8 Å². The van der Waals surface area contributed by atoms with Crippen molar-refractivity contribution in [2.75, 3.05) is 32.1 Å². The number of benzene rings is 1. The van der Waals surface area contributed by atoms with E-state index in [1.807, 2.05) is 0 Å². The lowest BCUT2D eigenvalue weighted by molar-refractivity contribution is 0.157. The zero-order chi connectivity index (χ0) is 14.5. The van der Waals surface area contributed by atoms with E-state index in [1.165, 1.54) is 6.07 Å². The van der Waals surface area contributed by atoms with Crippen LogP contribution >= 0.6 is 12.2 Å². The van der Waals surface area contributed by atoms with Gasteiger partial charge in [0.2, 0.25) is 0 Å². The number of thiocarbonyl (C=S) groups is 1. The van der Waals surface area contributed by atoms with Crippen LogP contribution in [0, 0.1) is 11.7 Å².